The van der Waals surface area contributed by atoms with Crippen molar-refractivity contribution in [2.75, 3.05) is 25.7 Å². The van der Waals surface area contributed by atoms with Gasteiger partial charge < -0.3 is 14.4 Å². The zero-order valence-electron chi connectivity index (χ0n) is 32.1. The van der Waals surface area contributed by atoms with Crippen LogP contribution in [0.5, 0.6) is 11.5 Å². The number of methoxy groups -OCH3 is 2. The molecule has 0 spiro atoms. The van der Waals surface area contributed by atoms with Crippen LogP contribution in [0.1, 0.15) is 60.2 Å². The van der Waals surface area contributed by atoms with E-state index in [0.717, 1.165) is 81.0 Å². The van der Waals surface area contributed by atoms with Crippen molar-refractivity contribution in [3.05, 3.63) is 139 Å². The highest BCUT2D eigenvalue weighted by molar-refractivity contribution is 7.25. The van der Waals surface area contributed by atoms with Crippen LogP contribution in [0.15, 0.2) is 127 Å². The molecule has 2 amide bonds. The van der Waals surface area contributed by atoms with E-state index in [-0.39, 0.29) is 11.8 Å². The van der Waals surface area contributed by atoms with Crippen LogP contribution in [0.2, 0.25) is 0 Å². The van der Waals surface area contributed by atoms with Gasteiger partial charge in [0.1, 0.15) is 11.5 Å². The summed E-state index contributed by atoms with van der Waals surface area (Å²) in [4.78, 5) is 36.0. The average molecular weight is 777 g/mol. The minimum absolute atomic E-state index is 0.180. The summed E-state index contributed by atoms with van der Waals surface area (Å²) >= 11 is 3.50. The van der Waals surface area contributed by atoms with Gasteiger partial charge in [0.05, 0.1) is 14.2 Å². The maximum atomic E-state index is 13.8. The summed E-state index contributed by atoms with van der Waals surface area (Å²) in [7, 11) is 3.35. The fourth-order valence-corrected chi connectivity index (χ4v) is 9.77. The maximum Gasteiger partial charge on any atom is 0.261 e. The summed E-state index contributed by atoms with van der Waals surface area (Å²) in [6.07, 6.45) is 4.17. The first-order chi connectivity index (χ1) is 27.4. The minimum atomic E-state index is -0.180. The lowest BCUT2D eigenvalue weighted by Gasteiger charge is -2.30. The van der Waals surface area contributed by atoms with Crippen LogP contribution >= 0.6 is 22.7 Å². The molecule has 282 valence electrons. The van der Waals surface area contributed by atoms with E-state index in [9.17, 15) is 9.59 Å². The van der Waals surface area contributed by atoms with Gasteiger partial charge in [-0.15, -0.1) is 22.7 Å². The van der Waals surface area contributed by atoms with Crippen LogP contribution in [0, 0.1) is 5.92 Å². The SMILES string of the molecule is CCCCC(CC)CN1C(=O)c2cccc3c(-c4ccc(-c5ccc(-c6ccc(N(c7ccc(OC)cc7)c7ccc(OC)cc7)cc6)s5)s4)ccc(c23)C1=O. The number of benzene rings is 5. The number of rotatable bonds is 14. The Morgan fingerprint density at radius 2 is 1.11 bits per heavy atom. The molecule has 0 fully saturated rings. The monoisotopic (exact) mass is 776 g/mol. The fourth-order valence-electron chi connectivity index (χ4n) is 7.63. The number of imide groups is 1. The Balaban J connectivity index is 1.05. The highest BCUT2D eigenvalue weighted by atomic mass is 32.1. The van der Waals surface area contributed by atoms with E-state index in [1.807, 2.05) is 48.5 Å². The summed E-state index contributed by atoms with van der Waals surface area (Å²) < 4.78 is 10.8. The van der Waals surface area contributed by atoms with Gasteiger partial charge in [-0.3, -0.25) is 14.5 Å². The molecule has 0 saturated carbocycles. The Labute approximate surface area is 336 Å². The summed E-state index contributed by atoms with van der Waals surface area (Å²) in [6, 6.07) is 43.4. The van der Waals surface area contributed by atoms with Gasteiger partial charge in [-0.25, -0.2) is 0 Å². The number of anilines is 3. The highest BCUT2D eigenvalue weighted by Crippen LogP contribution is 2.44. The van der Waals surface area contributed by atoms with Gasteiger partial charge in [0.25, 0.3) is 11.8 Å². The number of unbranched alkanes of at least 4 members (excludes halogenated alkanes) is 1. The first-order valence-corrected chi connectivity index (χ1v) is 20.8. The number of hydrogen-bond acceptors (Lipinski definition) is 7. The van der Waals surface area contributed by atoms with E-state index in [1.165, 1.54) is 19.5 Å². The third kappa shape index (κ3) is 7.11. The molecule has 1 aliphatic heterocycles. The number of hydrogen-bond donors (Lipinski definition) is 0. The van der Waals surface area contributed by atoms with Crippen molar-refractivity contribution < 1.29 is 19.1 Å². The zero-order chi connectivity index (χ0) is 38.8. The molecule has 0 N–H and O–H groups in total. The number of thiophene rings is 2. The van der Waals surface area contributed by atoms with E-state index < -0.39 is 0 Å². The average Bonchev–Trinajstić information content (AvgIpc) is 3.94. The third-order valence-corrected chi connectivity index (χ3v) is 13.2. The summed E-state index contributed by atoms with van der Waals surface area (Å²) in [6.45, 7) is 4.79. The lowest BCUT2D eigenvalue weighted by Crippen LogP contribution is -2.43. The van der Waals surface area contributed by atoms with E-state index in [0.29, 0.717) is 23.6 Å². The molecule has 7 aromatic rings. The summed E-state index contributed by atoms with van der Waals surface area (Å²) in [5, 5.41) is 1.71. The Kier molecular flexibility index (Phi) is 10.8. The Morgan fingerprint density at radius 1 is 0.589 bits per heavy atom. The van der Waals surface area contributed by atoms with Gasteiger partial charge in [0, 0.05) is 59.6 Å². The van der Waals surface area contributed by atoms with Crippen LogP contribution in [0.3, 0.4) is 0 Å². The molecule has 2 aromatic heterocycles. The molecule has 5 aromatic carbocycles. The van der Waals surface area contributed by atoms with Crippen molar-refractivity contribution in [2.45, 2.75) is 39.5 Å². The largest absolute Gasteiger partial charge is 0.497 e. The van der Waals surface area contributed by atoms with Gasteiger partial charge in [0.2, 0.25) is 0 Å². The molecule has 6 nitrogen and oxygen atoms in total. The van der Waals surface area contributed by atoms with Gasteiger partial charge in [-0.1, -0.05) is 63.4 Å². The number of nitrogens with zero attached hydrogens (tertiary/aromatic N) is 2. The zero-order valence-corrected chi connectivity index (χ0v) is 33.7. The fraction of sp³-hybridized carbons (Fsp3) is 0.208. The quantitative estimate of drug-likeness (QED) is 0.103. The van der Waals surface area contributed by atoms with Crippen LogP contribution < -0.4 is 14.4 Å². The molecule has 8 heteroatoms. The van der Waals surface area contributed by atoms with E-state index in [2.05, 4.69) is 97.6 Å². The van der Waals surface area contributed by atoms with E-state index in [1.54, 1.807) is 36.9 Å². The molecular formula is C48H44N2O4S2. The van der Waals surface area contributed by atoms with Crippen LogP contribution in [0.4, 0.5) is 17.1 Å². The van der Waals surface area contributed by atoms with Crippen LogP contribution in [0.25, 0.3) is 41.4 Å². The predicted molar refractivity (Wildman–Crippen MR) is 232 cm³/mol. The third-order valence-electron chi connectivity index (χ3n) is 10.8. The first kappa shape index (κ1) is 37.2. The van der Waals surface area contributed by atoms with Crippen molar-refractivity contribution in [1.29, 1.82) is 0 Å². The molecule has 8 rings (SSSR count). The second-order valence-electron chi connectivity index (χ2n) is 14.1. The Morgan fingerprint density at radius 3 is 1.68 bits per heavy atom. The van der Waals surface area contributed by atoms with Gasteiger partial charge in [-0.05, 0) is 126 Å². The van der Waals surface area contributed by atoms with Gasteiger partial charge >= 0.3 is 0 Å². The number of carbonyl (C=O) groups excluding carboxylic acids is 2. The number of amides is 2. The lowest BCUT2D eigenvalue weighted by molar-refractivity contribution is 0.0580. The summed E-state index contributed by atoms with van der Waals surface area (Å²) in [5.41, 5.74) is 6.50. The van der Waals surface area contributed by atoms with E-state index >= 15 is 0 Å². The predicted octanol–water partition coefficient (Wildman–Crippen LogP) is 13.3. The first-order valence-electron chi connectivity index (χ1n) is 19.2. The minimum Gasteiger partial charge on any atom is -0.497 e. The Hall–Kier alpha value is -5.70. The van der Waals surface area contributed by atoms with E-state index in [4.69, 9.17) is 9.47 Å². The number of carbonyl (C=O) groups is 2. The maximum absolute atomic E-state index is 13.8. The molecule has 1 atom stereocenters. The van der Waals surface area contributed by atoms with Crippen LogP contribution in [-0.4, -0.2) is 37.5 Å². The molecule has 1 unspecified atom stereocenters. The second-order valence-corrected chi connectivity index (χ2v) is 16.3. The molecule has 56 heavy (non-hydrogen) atoms. The summed E-state index contributed by atoms with van der Waals surface area (Å²) in [5.74, 6) is 1.57. The van der Waals surface area contributed by atoms with Crippen molar-refractivity contribution in [1.82, 2.24) is 4.90 Å². The number of ether oxygens (including phenoxy) is 2. The van der Waals surface area contributed by atoms with Crippen molar-refractivity contribution in [2.24, 2.45) is 5.92 Å². The molecule has 3 heterocycles. The topological polar surface area (TPSA) is 59.1 Å². The molecular weight excluding hydrogens is 733 g/mol. The van der Waals surface area contributed by atoms with Gasteiger partial charge in [-0.2, -0.15) is 0 Å². The van der Waals surface area contributed by atoms with Crippen molar-refractivity contribution >= 4 is 62.3 Å². The molecule has 0 aliphatic carbocycles. The van der Waals surface area contributed by atoms with Crippen LogP contribution in [-0.2, 0) is 0 Å². The van der Waals surface area contributed by atoms with Gasteiger partial charge in [0.15, 0.2) is 0 Å². The molecule has 0 radical (unpaired) electrons. The normalized spacial score (nSPS) is 13.0. The van der Waals surface area contributed by atoms with Crippen molar-refractivity contribution in [3.63, 3.8) is 0 Å². The highest BCUT2D eigenvalue weighted by Gasteiger charge is 2.34. The molecule has 1 aliphatic rings. The Bertz CT molecular complexity index is 2430. The molecule has 0 bridgehead atoms. The lowest BCUT2D eigenvalue weighted by atomic mass is 9.89. The molecule has 0 saturated heterocycles. The second kappa shape index (κ2) is 16.2. The van der Waals surface area contributed by atoms with Crippen molar-refractivity contribution in [3.8, 4) is 42.1 Å². The standard InChI is InChI=1S/C48H44N2O4S2/c1-5-7-9-31(6-2)30-49-47(51)40-11-8-10-39-38(24-25-41(46(39)40)48(49)52)43-27-29-45(56-43)44-28-26-42(55-44)32-12-14-33(15-13-32)50(34-16-20-36(53-3)21-17-34)35-18-22-37(54-4)23-19-35/h8,10-29,31H,5-7,9,30H2,1-4H3. The smallest absolute Gasteiger partial charge is 0.261 e.